The zero-order valence-electron chi connectivity index (χ0n) is 11.1. The number of rotatable bonds is 6. The molecule has 0 heterocycles. The molecule has 0 aliphatic heterocycles. The number of hydrogen-bond acceptors (Lipinski definition) is 2. The lowest BCUT2D eigenvalue weighted by Gasteiger charge is -2.20. The summed E-state index contributed by atoms with van der Waals surface area (Å²) in [6.45, 7) is 4.35. The van der Waals surface area contributed by atoms with E-state index in [2.05, 4.69) is 27.9 Å². The Morgan fingerprint density at radius 2 is 2.05 bits per heavy atom. The third-order valence-corrected chi connectivity index (χ3v) is 4.82. The van der Waals surface area contributed by atoms with Crippen molar-refractivity contribution in [1.29, 1.82) is 0 Å². The van der Waals surface area contributed by atoms with Crippen molar-refractivity contribution in [3.8, 4) is 0 Å². The van der Waals surface area contributed by atoms with Gasteiger partial charge in [0.25, 0.3) is 5.91 Å². The Bertz CT molecular complexity index is 435. The van der Waals surface area contributed by atoms with E-state index in [-0.39, 0.29) is 18.4 Å². The fraction of sp³-hybridized carbons (Fsp3) is 0.500. The molecule has 3 nitrogen and oxygen atoms in total. The molecule has 0 aromatic heterocycles. The summed E-state index contributed by atoms with van der Waals surface area (Å²) >= 11 is 8.09. The lowest BCUT2D eigenvalue weighted by atomic mass is 9.96. The summed E-state index contributed by atoms with van der Waals surface area (Å²) in [6.07, 6.45) is 1.31. The minimum absolute atomic E-state index is 0.205. The minimum atomic E-state index is -0.502. The molecule has 0 saturated heterocycles. The van der Waals surface area contributed by atoms with Crippen LogP contribution in [0.2, 0.25) is 5.02 Å². The zero-order chi connectivity index (χ0) is 14.4. The SMILES string of the molecule is CCC(CC)C(O)CNC(=O)c1ccc(I)c(Cl)c1. The van der Waals surface area contributed by atoms with Crippen LogP contribution in [0.5, 0.6) is 0 Å². The van der Waals surface area contributed by atoms with Gasteiger partial charge in [0.1, 0.15) is 0 Å². The first-order valence-electron chi connectivity index (χ1n) is 6.40. The van der Waals surface area contributed by atoms with Crippen LogP contribution in [0.4, 0.5) is 0 Å². The maximum Gasteiger partial charge on any atom is 0.251 e. The van der Waals surface area contributed by atoms with Crippen LogP contribution in [-0.4, -0.2) is 23.7 Å². The van der Waals surface area contributed by atoms with Crippen LogP contribution in [-0.2, 0) is 0 Å². The molecule has 1 rings (SSSR count). The standard InChI is InChI=1S/C14H19ClINO2/c1-3-9(4-2)13(18)8-17-14(19)10-5-6-12(16)11(15)7-10/h5-7,9,13,18H,3-4,8H2,1-2H3,(H,17,19). The summed E-state index contributed by atoms with van der Waals surface area (Å²) in [7, 11) is 0. The first-order chi connectivity index (χ1) is 8.99. The minimum Gasteiger partial charge on any atom is -0.391 e. The summed E-state index contributed by atoms with van der Waals surface area (Å²) < 4.78 is 0.910. The Kier molecular flexibility index (Phi) is 7.10. The van der Waals surface area contributed by atoms with Crippen molar-refractivity contribution >= 4 is 40.1 Å². The van der Waals surface area contributed by atoms with Crippen molar-refractivity contribution in [2.45, 2.75) is 32.8 Å². The van der Waals surface area contributed by atoms with Crippen molar-refractivity contribution in [1.82, 2.24) is 5.32 Å². The normalized spacial score (nSPS) is 12.5. The van der Waals surface area contributed by atoms with Gasteiger partial charge in [-0.3, -0.25) is 4.79 Å². The number of nitrogens with one attached hydrogen (secondary N) is 1. The molecular formula is C14H19ClINO2. The summed E-state index contributed by atoms with van der Waals surface area (Å²) in [5.41, 5.74) is 0.516. The van der Waals surface area contributed by atoms with Crippen LogP contribution in [0.3, 0.4) is 0 Å². The van der Waals surface area contributed by atoms with Crippen LogP contribution in [0.15, 0.2) is 18.2 Å². The molecule has 1 aromatic carbocycles. The maximum absolute atomic E-state index is 11.9. The first-order valence-corrected chi connectivity index (χ1v) is 7.86. The van der Waals surface area contributed by atoms with Gasteiger partial charge in [-0.1, -0.05) is 38.3 Å². The van der Waals surface area contributed by atoms with E-state index >= 15 is 0 Å². The topological polar surface area (TPSA) is 49.3 Å². The van der Waals surface area contributed by atoms with E-state index < -0.39 is 6.10 Å². The van der Waals surface area contributed by atoms with E-state index in [4.69, 9.17) is 11.6 Å². The highest BCUT2D eigenvalue weighted by Crippen LogP contribution is 2.19. The molecule has 1 unspecified atom stereocenters. The molecule has 106 valence electrons. The van der Waals surface area contributed by atoms with Gasteiger partial charge in [0.2, 0.25) is 0 Å². The lowest BCUT2D eigenvalue weighted by Crippen LogP contribution is -2.36. The predicted octanol–water partition coefficient (Wildman–Crippen LogP) is 3.47. The van der Waals surface area contributed by atoms with E-state index in [0.29, 0.717) is 10.6 Å². The fourth-order valence-electron chi connectivity index (χ4n) is 1.94. The fourth-order valence-corrected chi connectivity index (χ4v) is 2.45. The molecule has 0 bridgehead atoms. The summed E-state index contributed by atoms with van der Waals surface area (Å²) in [5.74, 6) is 0.0175. The predicted molar refractivity (Wildman–Crippen MR) is 86.6 cm³/mol. The third kappa shape index (κ3) is 4.93. The van der Waals surface area contributed by atoms with Gasteiger partial charge in [0, 0.05) is 15.7 Å². The Morgan fingerprint density at radius 3 is 2.58 bits per heavy atom. The number of halogens is 2. The third-order valence-electron chi connectivity index (χ3n) is 3.25. The molecule has 0 radical (unpaired) electrons. The molecule has 0 spiro atoms. The number of amides is 1. The van der Waals surface area contributed by atoms with Gasteiger partial charge in [-0.2, -0.15) is 0 Å². The summed E-state index contributed by atoms with van der Waals surface area (Å²) in [5, 5.41) is 13.3. The molecule has 5 heteroatoms. The highest BCUT2D eigenvalue weighted by Gasteiger charge is 2.16. The Hall–Kier alpha value is -0.330. The summed E-state index contributed by atoms with van der Waals surface area (Å²) in [6, 6.07) is 5.17. The Morgan fingerprint density at radius 1 is 1.42 bits per heavy atom. The van der Waals surface area contributed by atoms with E-state index in [0.717, 1.165) is 16.4 Å². The number of hydrogen-bond donors (Lipinski definition) is 2. The first kappa shape index (κ1) is 16.7. The molecular weight excluding hydrogens is 377 g/mol. The Labute approximate surface area is 132 Å². The number of aliphatic hydroxyl groups excluding tert-OH is 1. The lowest BCUT2D eigenvalue weighted by molar-refractivity contribution is 0.0816. The number of aliphatic hydroxyl groups is 1. The second-order valence-electron chi connectivity index (χ2n) is 4.48. The monoisotopic (exact) mass is 395 g/mol. The van der Waals surface area contributed by atoms with Crippen LogP contribution in [0.25, 0.3) is 0 Å². The Balaban J connectivity index is 2.58. The van der Waals surface area contributed by atoms with E-state index in [9.17, 15) is 9.90 Å². The molecule has 1 aromatic rings. The average Bonchev–Trinajstić information content (AvgIpc) is 2.40. The molecule has 0 saturated carbocycles. The summed E-state index contributed by atoms with van der Waals surface area (Å²) in [4.78, 5) is 11.9. The van der Waals surface area contributed by atoms with E-state index in [1.165, 1.54) is 0 Å². The number of carbonyl (C=O) groups excluding carboxylic acids is 1. The van der Waals surface area contributed by atoms with Crippen molar-refractivity contribution in [3.63, 3.8) is 0 Å². The smallest absolute Gasteiger partial charge is 0.251 e. The molecule has 1 atom stereocenters. The van der Waals surface area contributed by atoms with Gasteiger partial charge in [-0.25, -0.2) is 0 Å². The molecule has 0 aliphatic carbocycles. The van der Waals surface area contributed by atoms with Gasteiger partial charge in [-0.05, 0) is 46.7 Å². The van der Waals surface area contributed by atoms with E-state index in [1.807, 2.05) is 13.8 Å². The largest absolute Gasteiger partial charge is 0.391 e. The van der Waals surface area contributed by atoms with Crippen LogP contribution < -0.4 is 5.32 Å². The zero-order valence-corrected chi connectivity index (χ0v) is 14.0. The molecule has 1 amide bonds. The van der Waals surface area contributed by atoms with Crippen LogP contribution >= 0.6 is 34.2 Å². The van der Waals surface area contributed by atoms with Crippen molar-refractivity contribution in [2.75, 3.05) is 6.54 Å². The van der Waals surface area contributed by atoms with Crippen molar-refractivity contribution < 1.29 is 9.90 Å². The molecule has 0 aliphatic rings. The average molecular weight is 396 g/mol. The molecule has 19 heavy (non-hydrogen) atoms. The number of carbonyl (C=O) groups is 1. The van der Waals surface area contributed by atoms with Crippen molar-refractivity contribution in [2.24, 2.45) is 5.92 Å². The highest BCUT2D eigenvalue weighted by molar-refractivity contribution is 14.1. The molecule has 2 N–H and O–H groups in total. The van der Waals surface area contributed by atoms with Crippen molar-refractivity contribution in [3.05, 3.63) is 32.4 Å². The number of benzene rings is 1. The second-order valence-corrected chi connectivity index (χ2v) is 6.05. The van der Waals surface area contributed by atoms with Crippen LogP contribution in [0, 0.1) is 9.49 Å². The quantitative estimate of drug-likeness (QED) is 0.725. The second kappa shape index (κ2) is 8.07. The molecule has 0 fully saturated rings. The van der Waals surface area contributed by atoms with Gasteiger partial charge in [0.15, 0.2) is 0 Å². The van der Waals surface area contributed by atoms with E-state index in [1.54, 1.807) is 18.2 Å². The van der Waals surface area contributed by atoms with Gasteiger partial charge in [0.05, 0.1) is 11.1 Å². The highest BCUT2D eigenvalue weighted by atomic mass is 127. The van der Waals surface area contributed by atoms with Gasteiger partial charge in [-0.15, -0.1) is 0 Å². The van der Waals surface area contributed by atoms with Crippen LogP contribution in [0.1, 0.15) is 37.0 Å². The van der Waals surface area contributed by atoms with Gasteiger partial charge >= 0.3 is 0 Å². The maximum atomic E-state index is 11.9. The van der Waals surface area contributed by atoms with Gasteiger partial charge < -0.3 is 10.4 Å².